The largest absolute Gasteiger partial charge is 0.368 e. The zero-order valence-electron chi connectivity index (χ0n) is 23.3. The highest BCUT2D eigenvalue weighted by Crippen LogP contribution is 2.36. The molecule has 0 saturated carbocycles. The van der Waals surface area contributed by atoms with Gasteiger partial charge in [0.25, 0.3) is 0 Å². The van der Waals surface area contributed by atoms with Crippen LogP contribution in [-0.2, 0) is 13.6 Å². The summed E-state index contributed by atoms with van der Waals surface area (Å²) in [5, 5.41) is 17.8. The van der Waals surface area contributed by atoms with E-state index in [0.717, 1.165) is 53.4 Å². The molecule has 1 aliphatic carbocycles. The van der Waals surface area contributed by atoms with Gasteiger partial charge < -0.3 is 4.90 Å². The molecule has 1 aliphatic rings. The Morgan fingerprint density at radius 1 is 0.756 bits per heavy atom. The van der Waals surface area contributed by atoms with Crippen molar-refractivity contribution in [2.75, 3.05) is 18.0 Å². The topological polar surface area (TPSA) is 61.5 Å². The zero-order chi connectivity index (χ0) is 28.0. The maximum absolute atomic E-state index is 4.59. The lowest BCUT2D eigenvalue weighted by atomic mass is 10.1. The number of imidazole rings is 1. The molecule has 5 aromatic rings. The first-order valence-electron chi connectivity index (χ1n) is 13.9. The van der Waals surface area contributed by atoms with Crippen LogP contribution in [0.25, 0.3) is 11.1 Å². The van der Waals surface area contributed by atoms with E-state index in [9.17, 15) is 0 Å². The number of likely N-dealkylation sites (N-methyl/N-ethyl adjacent to an activating group) is 1. The number of hydrogen-bond donors (Lipinski definition) is 0. The van der Waals surface area contributed by atoms with Gasteiger partial charge in [-0.2, -0.15) is 15.3 Å². The normalized spacial score (nSPS) is 12.2. The molecule has 1 heterocycles. The highest BCUT2D eigenvalue weighted by molar-refractivity contribution is 6.24. The van der Waals surface area contributed by atoms with Crippen LogP contribution in [0, 0.1) is 0 Å². The van der Waals surface area contributed by atoms with Crippen molar-refractivity contribution in [3.63, 3.8) is 0 Å². The van der Waals surface area contributed by atoms with Gasteiger partial charge in [-0.3, -0.25) is 0 Å². The van der Waals surface area contributed by atoms with E-state index in [-0.39, 0.29) is 0 Å². The number of benzene rings is 4. The Labute approximate surface area is 240 Å². The summed E-state index contributed by atoms with van der Waals surface area (Å²) in [5.74, 6) is 0. The summed E-state index contributed by atoms with van der Waals surface area (Å²) in [6.45, 7) is 5.00. The monoisotopic (exact) mass is 538 g/mol. The molecule has 0 amide bonds. The molecular weight excluding hydrogens is 506 g/mol. The Kier molecular flexibility index (Phi) is 7.58. The Morgan fingerprint density at radius 2 is 1.34 bits per heavy atom. The summed E-state index contributed by atoms with van der Waals surface area (Å²) in [6.07, 6.45) is 8.02. The Hall–Kier alpha value is -5.17. The van der Waals surface area contributed by atoms with Crippen LogP contribution in [0.15, 0.2) is 136 Å². The molecule has 7 nitrogen and oxygen atoms in total. The minimum absolute atomic E-state index is 0.784. The Bertz CT molecular complexity index is 1680. The van der Waals surface area contributed by atoms with Crippen LogP contribution >= 0.6 is 0 Å². The molecule has 0 N–H and O–H groups in total. The SMILES string of the molecule is CCN(CC[n+]1ccn(C)c1)c1ccc(/N=N/c2ccc(/C=N/N=C3c4ccccc4-c4ccccc43)cc2)cc1. The van der Waals surface area contributed by atoms with Crippen LogP contribution in [0.2, 0.25) is 0 Å². The number of nitrogens with zero attached hydrogens (tertiary/aromatic N) is 7. The van der Waals surface area contributed by atoms with E-state index in [4.69, 9.17) is 0 Å². The van der Waals surface area contributed by atoms with Crippen molar-refractivity contribution in [2.45, 2.75) is 13.5 Å². The van der Waals surface area contributed by atoms with Crippen LogP contribution in [0.1, 0.15) is 23.6 Å². The van der Waals surface area contributed by atoms with Crippen LogP contribution in [0.5, 0.6) is 0 Å². The van der Waals surface area contributed by atoms with Crippen molar-refractivity contribution >= 4 is 29.0 Å². The van der Waals surface area contributed by atoms with Crippen LogP contribution in [0.3, 0.4) is 0 Å². The summed E-state index contributed by atoms with van der Waals surface area (Å²) >= 11 is 0. The van der Waals surface area contributed by atoms with Gasteiger partial charge in [0.05, 0.1) is 31.2 Å². The fraction of sp³-hybridized carbons (Fsp3) is 0.147. The Balaban J connectivity index is 1.08. The minimum atomic E-state index is 0.784. The predicted octanol–water partition coefficient (Wildman–Crippen LogP) is 7.11. The van der Waals surface area contributed by atoms with Crippen molar-refractivity contribution in [3.05, 3.63) is 132 Å². The first-order chi connectivity index (χ1) is 20.2. The van der Waals surface area contributed by atoms with Crippen molar-refractivity contribution < 1.29 is 4.57 Å². The van der Waals surface area contributed by atoms with Gasteiger partial charge in [-0.05, 0) is 60.0 Å². The second kappa shape index (κ2) is 11.9. The van der Waals surface area contributed by atoms with E-state index in [1.54, 1.807) is 6.21 Å². The van der Waals surface area contributed by atoms with Crippen molar-refractivity contribution in [3.8, 4) is 11.1 Å². The van der Waals surface area contributed by atoms with E-state index in [2.05, 4.69) is 109 Å². The standard InChI is InChI=1S/C34H32N7/c1-3-41(23-22-40-21-20-39(2)25-40)29-18-16-28(17-19-29)37-36-27-14-12-26(13-15-27)24-35-38-34-32-10-6-4-8-30(32)31-9-5-7-11-33(31)34/h4-21,24-25H,3,22-23H2,1-2H3/q+1/b35-24+,37-36+. The fourth-order valence-electron chi connectivity index (χ4n) is 5.07. The Morgan fingerprint density at radius 3 is 1.90 bits per heavy atom. The van der Waals surface area contributed by atoms with E-state index in [1.165, 1.54) is 16.8 Å². The molecule has 0 radical (unpaired) electrons. The highest BCUT2D eigenvalue weighted by atomic mass is 15.2. The average molecular weight is 539 g/mol. The molecule has 0 spiro atoms. The molecule has 0 bridgehead atoms. The maximum Gasteiger partial charge on any atom is 0.243 e. The maximum atomic E-state index is 4.59. The third kappa shape index (κ3) is 5.89. The van der Waals surface area contributed by atoms with Gasteiger partial charge in [0, 0.05) is 23.4 Å². The summed E-state index contributed by atoms with van der Waals surface area (Å²) in [4.78, 5) is 2.36. The molecule has 0 atom stereocenters. The molecular formula is C34H32N7+. The molecule has 202 valence electrons. The number of rotatable bonds is 9. The van der Waals surface area contributed by atoms with Gasteiger partial charge in [0.15, 0.2) is 0 Å². The second-order valence-electron chi connectivity index (χ2n) is 9.99. The van der Waals surface area contributed by atoms with Gasteiger partial charge in [0.2, 0.25) is 6.33 Å². The highest BCUT2D eigenvalue weighted by Gasteiger charge is 2.23. The minimum Gasteiger partial charge on any atom is -0.368 e. The van der Waals surface area contributed by atoms with Gasteiger partial charge in [-0.25, -0.2) is 9.13 Å². The molecule has 6 rings (SSSR count). The average Bonchev–Trinajstić information content (AvgIpc) is 3.58. The number of aryl methyl sites for hydroxylation is 1. The number of anilines is 1. The van der Waals surface area contributed by atoms with Crippen molar-refractivity contribution in [1.29, 1.82) is 0 Å². The second-order valence-corrected chi connectivity index (χ2v) is 9.99. The van der Waals surface area contributed by atoms with Gasteiger partial charge in [0.1, 0.15) is 24.7 Å². The van der Waals surface area contributed by atoms with Crippen LogP contribution < -0.4 is 9.47 Å². The summed E-state index contributed by atoms with van der Waals surface area (Å²) in [5.41, 5.74) is 9.27. The summed E-state index contributed by atoms with van der Waals surface area (Å²) in [6, 6.07) is 32.7. The molecule has 0 unspecified atom stereocenters. The van der Waals surface area contributed by atoms with Crippen molar-refractivity contribution in [2.24, 2.45) is 27.5 Å². The third-order valence-electron chi connectivity index (χ3n) is 7.24. The molecule has 41 heavy (non-hydrogen) atoms. The van der Waals surface area contributed by atoms with Gasteiger partial charge in [-0.15, -0.1) is 5.10 Å². The molecule has 0 fully saturated rings. The summed E-state index contributed by atoms with van der Waals surface area (Å²) in [7, 11) is 2.04. The summed E-state index contributed by atoms with van der Waals surface area (Å²) < 4.78 is 4.26. The third-order valence-corrected chi connectivity index (χ3v) is 7.24. The van der Waals surface area contributed by atoms with Gasteiger partial charge >= 0.3 is 0 Å². The van der Waals surface area contributed by atoms with E-state index < -0.39 is 0 Å². The van der Waals surface area contributed by atoms with Crippen LogP contribution in [-0.4, -0.2) is 29.6 Å². The van der Waals surface area contributed by atoms with E-state index in [0.29, 0.717) is 0 Å². The zero-order valence-corrected chi connectivity index (χ0v) is 23.3. The quantitative estimate of drug-likeness (QED) is 0.0838. The lowest BCUT2D eigenvalue weighted by Gasteiger charge is -2.22. The fourth-order valence-corrected chi connectivity index (χ4v) is 5.07. The number of aromatic nitrogens is 2. The van der Waals surface area contributed by atoms with Crippen LogP contribution in [0.4, 0.5) is 17.1 Å². The lowest BCUT2D eigenvalue weighted by Crippen LogP contribution is -2.39. The molecule has 7 heteroatoms. The van der Waals surface area contributed by atoms with Crippen molar-refractivity contribution in [1.82, 2.24) is 4.57 Å². The number of fused-ring (bicyclic) bond motifs is 3. The van der Waals surface area contributed by atoms with E-state index >= 15 is 0 Å². The number of hydrogen-bond acceptors (Lipinski definition) is 5. The first-order valence-corrected chi connectivity index (χ1v) is 13.9. The first kappa shape index (κ1) is 26.1. The lowest BCUT2D eigenvalue weighted by molar-refractivity contribution is -0.693. The molecule has 1 aromatic heterocycles. The van der Waals surface area contributed by atoms with Gasteiger partial charge in [-0.1, -0.05) is 60.7 Å². The molecule has 0 aliphatic heterocycles. The smallest absolute Gasteiger partial charge is 0.243 e. The molecule has 4 aromatic carbocycles. The number of azo groups is 1. The predicted molar refractivity (Wildman–Crippen MR) is 166 cm³/mol. The molecule has 0 saturated heterocycles. The van der Waals surface area contributed by atoms with E-state index in [1.807, 2.05) is 55.6 Å².